The van der Waals surface area contributed by atoms with Crippen molar-refractivity contribution in [3.05, 3.63) is 0 Å². The Morgan fingerprint density at radius 3 is 2.25 bits per heavy atom. The Kier molecular flexibility index (Phi) is 8.73. The Bertz CT molecular complexity index is 159. The number of hydrogen-bond donors (Lipinski definition) is 4. The second-order valence-corrected chi connectivity index (χ2v) is 3.63. The summed E-state index contributed by atoms with van der Waals surface area (Å²) in [6.07, 6.45) is -0.245. The van der Waals surface area contributed by atoms with Crippen molar-refractivity contribution in [2.45, 2.75) is 25.0 Å². The molecule has 0 saturated carbocycles. The summed E-state index contributed by atoms with van der Waals surface area (Å²) in [7, 11) is 0. The molecule has 6 heteroatoms. The molecule has 0 fully saturated rings. The van der Waals surface area contributed by atoms with Crippen molar-refractivity contribution < 1.29 is 29.9 Å². The van der Waals surface area contributed by atoms with Gasteiger partial charge in [0.15, 0.2) is 0 Å². The highest BCUT2D eigenvalue weighted by Crippen LogP contribution is 2.08. The molecular weight excluding hydrogens is 216 g/mol. The predicted molar refractivity (Wildman–Crippen MR) is 57.1 cm³/mol. The van der Waals surface area contributed by atoms with Crippen LogP contribution in [0.25, 0.3) is 0 Å². The lowest BCUT2D eigenvalue weighted by Crippen LogP contribution is -2.39. The molecule has 0 spiro atoms. The van der Waals surface area contributed by atoms with Crippen LogP contribution in [0.3, 0.4) is 0 Å². The van der Waals surface area contributed by atoms with Crippen molar-refractivity contribution in [3.8, 4) is 0 Å². The highest BCUT2D eigenvalue weighted by molar-refractivity contribution is 4.75. The minimum atomic E-state index is -1.50. The number of rotatable bonds is 10. The number of aliphatic hydroxyl groups is 4. The van der Waals surface area contributed by atoms with Crippen LogP contribution in [0, 0.1) is 0 Å². The van der Waals surface area contributed by atoms with Crippen LogP contribution in [-0.2, 0) is 9.47 Å². The van der Waals surface area contributed by atoms with Gasteiger partial charge in [-0.25, -0.2) is 0 Å². The van der Waals surface area contributed by atoms with Crippen molar-refractivity contribution in [3.63, 3.8) is 0 Å². The molecule has 4 N–H and O–H groups in total. The zero-order chi connectivity index (χ0) is 12.4. The molecule has 0 aromatic rings. The lowest BCUT2D eigenvalue weighted by molar-refractivity contribution is -0.0859. The minimum absolute atomic E-state index is 0.127. The van der Waals surface area contributed by atoms with Crippen molar-refractivity contribution in [1.29, 1.82) is 0 Å². The first-order valence-electron chi connectivity index (χ1n) is 5.36. The first-order chi connectivity index (χ1) is 7.61. The first kappa shape index (κ1) is 15.8. The molecule has 0 bridgehead atoms. The van der Waals surface area contributed by atoms with E-state index in [4.69, 9.17) is 24.8 Å². The van der Waals surface area contributed by atoms with Crippen LogP contribution in [0.5, 0.6) is 0 Å². The second-order valence-electron chi connectivity index (χ2n) is 3.63. The maximum Gasteiger partial charge on any atom is 0.113 e. The SMILES string of the molecule is CCOC(CO)COCCC(O)(CO)CO. The van der Waals surface area contributed by atoms with Crippen LogP contribution < -0.4 is 0 Å². The van der Waals surface area contributed by atoms with Crippen molar-refractivity contribution >= 4 is 0 Å². The highest BCUT2D eigenvalue weighted by Gasteiger charge is 2.24. The largest absolute Gasteiger partial charge is 0.394 e. The smallest absolute Gasteiger partial charge is 0.113 e. The summed E-state index contributed by atoms with van der Waals surface area (Å²) >= 11 is 0. The van der Waals surface area contributed by atoms with Crippen molar-refractivity contribution in [1.82, 2.24) is 0 Å². The molecule has 1 atom stereocenters. The van der Waals surface area contributed by atoms with Gasteiger partial charge in [-0.1, -0.05) is 0 Å². The van der Waals surface area contributed by atoms with E-state index < -0.39 is 18.8 Å². The van der Waals surface area contributed by atoms with Crippen LogP contribution in [-0.4, -0.2) is 71.8 Å². The number of hydrogen-bond acceptors (Lipinski definition) is 6. The zero-order valence-electron chi connectivity index (χ0n) is 9.63. The number of ether oxygens (including phenoxy) is 2. The third kappa shape index (κ3) is 6.37. The molecule has 0 aliphatic rings. The summed E-state index contributed by atoms with van der Waals surface area (Å²) in [4.78, 5) is 0. The van der Waals surface area contributed by atoms with Gasteiger partial charge in [0.25, 0.3) is 0 Å². The normalized spacial score (nSPS) is 14.1. The zero-order valence-corrected chi connectivity index (χ0v) is 9.63. The van der Waals surface area contributed by atoms with E-state index in [9.17, 15) is 5.11 Å². The van der Waals surface area contributed by atoms with Crippen molar-refractivity contribution in [2.24, 2.45) is 0 Å². The molecule has 16 heavy (non-hydrogen) atoms. The molecule has 0 aliphatic carbocycles. The van der Waals surface area contributed by atoms with Crippen molar-refractivity contribution in [2.75, 3.05) is 39.6 Å². The molecule has 0 aliphatic heterocycles. The average molecular weight is 238 g/mol. The van der Waals surface area contributed by atoms with Crippen LogP contribution in [0.15, 0.2) is 0 Å². The van der Waals surface area contributed by atoms with E-state index in [-0.39, 0.29) is 32.3 Å². The first-order valence-corrected chi connectivity index (χ1v) is 5.36. The van der Waals surface area contributed by atoms with E-state index >= 15 is 0 Å². The highest BCUT2D eigenvalue weighted by atomic mass is 16.5. The maximum atomic E-state index is 9.49. The van der Waals surface area contributed by atoms with E-state index in [0.717, 1.165) is 0 Å². The summed E-state index contributed by atoms with van der Waals surface area (Å²) in [6, 6.07) is 0. The molecule has 0 aromatic carbocycles. The van der Waals surface area contributed by atoms with E-state index in [1.54, 1.807) is 0 Å². The second kappa shape index (κ2) is 8.86. The Morgan fingerprint density at radius 1 is 1.19 bits per heavy atom. The summed E-state index contributed by atoms with van der Waals surface area (Å²) in [5.41, 5.74) is -1.50. The summed E-state index contributed by atoms with van der Waals surface area (Å²) in [5, 5.41) is 36.0. The van der Waals surface area contributed by atoms with Gasteiger partial charge in [0.2, 0.25) is 0 Å². The lowest BCUT2D eigenvalue weighted by Gasteiger charge is -2.23. The third-order valence-electron chi connectivity index (χ3n) is 2.21. The van der Waals surface area contributed by atoms with E-state index in [1.165, 1.54) is 0 Å². The van der Waals surface area contributed by atoms with Crippen LogP contribution >= 0.6 is 0 Å². The van der Waals surface area contributed by atoms with Gasteiger partial charge in [0.05, 0.1) is 26.4 Å². The quantitative estimate of drug-likeness (QED) is 0.346. The van der Waals surface area contributed by atoms with E-state index in [1.807, 2.05) is 6.92 Å². The molecule has 0 saturated heterocycles. The molecule has 98 valence electrons. The number of aliphatic hydroxyl groups excluding tert-OH is 3. The standard InChI is InChI=1S/C10H22O6/c1-2-16-9(5-11)6-15-4-3-10(14,7-12)8-13/h9,11-14H,2-8H2,1H3. The summed E-state index contributed by atoms with van der Waals surface area (Å²) < 4.78 is 10.3. The van der Waals surface area contributed by atoms with E-state index in [2.05, 4.69) is 0 Å². The van der Waals surface area contributed by atoms with Gasteiger partial charge in [-0.15, -0.1) is 0 Å². The summed E-state index contributed by atoms with van der Waals surface area (Å²) in [6.45, 7) is 1.56. The monoisotopic (exact) mass is 238 g/mol. The van der Waals surface area contributed by atoms with Crippen LogP contribution in [0.1, 0.15) is 13.3 Å². The molecule has 0 heterocycles. The molecule has 6 nitrogen and oxygen atoms in total. The molecule has 0 radical (unpaired) electrons. The third-order valence-corrected chi connectivity index (χ3v) is 2.21. The summed E-state index contributed by atoms with van der Waals surface area (Å²) in [5.74, 6) is 0. The Labute approximate surface area is 95.4 Å². The minimum Gasteiger partial charge on any atom is -0.394 e. The Morgan fingerprint density at radius 2 is 1.81 bits per heavy atom. The topological polar surface area (TPSA) is 99.4 Å². The van der Waals surface area contributed by atoms with Gasteiger partial charge in [-0.3, -0.25) is 0 Å². The molecule has 0 rings (SSSR count). The van der Waals surface area contributed by atoms with E-state index in [0.29, 0.717) is 6.61 Å². The predicted octanol–water partition coefficient (Wildman–Crippen LogP) is -1.49. The molecule has 0 amide bonds. The fraction of sp³-hybridized carbons (Fsp3) is 1.00. The Balaban J connectivity index is 3.65. The van der Waals surface area contributed by atoms with Gasteiger partial charge >= 0.3 is 0 Å². The van der Waals surface area contributed by atoms with Gasteiger partial charge in [0, 0.05) is 19.6 Å². The average Bonchev–Trinajstić information content (AvgIpc) is 2.32. The van der Waals surface area contributed by atoms with Crippen LogP contribution in [0.2, 0.25) is 0 Å². The fourth-order valence-corrected chi connectivity index (χ4v) is 1.07. The molecule has 0 aromatic heterocycles. The van der Waals surface area contributed by atoms with Gasteiger partial charge in [-0.2, -0.15) is 0 Å². The fourth-order valence-electron chi connectivity index (χ4n) is 1.07. The maximum absolute atomic E-state index is 9.49. The van der Waals surface area contributed by atoms with Gasteiger partial charge < -0.3 is 29.9 Å². The molecular formula is C10H22O6. The van der Waals surface area contributed by atoms with Gasteiger partial charge in [-0.05, 0) is 6.92 Å². The lowest BCUT2D eigenvalue weighted by atomic mass is 10.0. The van der Waals surface area contributed by atoms with Gasteiger partial charge in [0.1, 0.15) is 11.7 Å². The molecule has 1 unspecified atom stereocenters. The van der Waals surface area contributed by atoms with Crippen LogP contribution in [0.4, 0.5) is 0 Å². The Hall–Kier alpha value is -0.240.